The molecule has 1 unspecified atom stereocenters. The highest BCUT2D eigenvalue weighted by molar-refractivity contribution is 6.30. The Morgan fingerprint density at radius 2 is 1.94 bits per heavy atom. The quantitative estimate of drug-likeness (QED) is 0.530. The van der Waals surface area contributed by atoms with E-state index in [4.69, 9.17) is 21.2 Å². The van der Waals surface area contributed by atoms with Gasteiger partial charge in [-0.25, -0.2) is 9.97 Å². The number of anilines is 1. The summed E-state index contributed by atoms with van der Waals surface area (Å²) in [5, 5.41) is 4.27. The third-order valence-corrected chi connectivity index (χ3v) is 6.27. The Hall–Kier alpha value is -3.47. The van der Waals surface area contributed by atoms with Gasteiger partial charge in [-0.2, -0.15) is 13.2 Å². The Bertz CT molecular complexity index is 1280. The topological polar surface area (TPSA) is 68.0 Å². The molecule has 0 spiro atoms. The number of hydrogen-bond donors (Lipinski definition) is 0. The van der Waals surface area contributed by atoms with Gasteiger partial charge in [0.25, 0.3) is 0 Å². The molecule has 1 saturated heterocycles. The number of ether oxygens (including phenoxy) is 1. The van der Waals surface area contributed by atoms with Gasteiger partial charge in [-0.05, 0) is 37.3 Å². The molecule has 0 amide bonds. The van der Waals surface area contributed by atoms with Crippen molar-refractivity contribution in [3.63, 3.8) is 0 Å². The summed E-state index contributed by atoms with van der Waals surface area (Å²) in [7, 11) is 1.53. The van der Waals surface area contributed by atoms with Crippen molar-refractivity contribution in [2.24, 2.45) is 5.16 Å². The maximum atomic E-state index is 13.7. The summed E-state index contributed by atoms with van der Waals surface area (Å²) in [6, 6.07) is 7.31. The molecule has 1 aromatic carbocycles. The van der Waals surface area contributed by atoms with Gasteiger partial charge in [0.15, 0.2) is 5.84 Å². The number of aromatic nitrogens is 3. The number of nitrogens with zero attached hydrogens (tertiary/aromatic N) is 6. The number of oxime groups is 1. The number of pyridine rings is 1. The summed E-state index contributed by atoms with van der Waals surface area (Å²) >= 11 is 5.85. The molecule has 0 N–H and O–H groups in total. The first-order chi connectivity index (χ1) is 16.7. The summed E-state index contributed by atoms with van der Waals surface area (Å²) in [6.07, 6.45) is -0.971. The van der Waals surface area contributed by atoms with E-state index in [1.165, 1.54) is 19.2 Å². The SMILES string of the molecule is COc1nc(C2=NOCC3CN(c4ccc(Cl)cc4C(F)(F)F)CCN23)ccc1-n1cnc(C)c1. The van der Waals surface area contributed by atoms with Crippen molar-refractivity contribution in [1.82, 2.24) is 19.4 Å². The van der Waals surface area contributed by atoms with E-state index in [1.54, 1.807) is 11.2 Å². The standard InChI is InChI=1S/C23H22ClF3N6O2/c1-14-10-32(13-28-14)20-6-4-18(29-22(20)34-2)21-30-35-12-16-11-31(7-8-33(16)21)19-5-3-15(24)9-17(19)23(25,26)27/h3-6,9-10,13,16H,7-8,11-12H2,1-2H3. The van der Waals surface area contributed by atoms with Gasteiger partial charge >= 0.3 is 6.18 Å². The fourth-order valence-corrected chi connectivity index (χ4v) is 4.57. The molecule has 1 fully saturated rings. The lowest BCUT2D eigenvalue weighted by atomic mass is 10.1. The lowest BCUT2D eigenvalue weighted by Gasteiger charge is -2.45. The minimum Gasteiger partial charge on any atom is -0.479 e. The number of fused-ring (bicyclic) bond motifs is 1. The lowest BCUT2D eigenvalue weighted by Crippen LogP contribution is -2.59. The number of amidine groups is 1. The maximum Gasteiger partial charge on any atom is 0.418 e. The molecule has 35 heavy (non-hydrogen) atoms. The molecule has 0 bridgehead atoms. The predicted molar refractivity (Wildman–Crippen MR) is 124 cm³/mol. The minimum atomic E-state index is -4.51. The van der Waals surface area contributed by atoms with E-state index in [0.29, 0.717) is 37.0 Å². The number of rotatable bonds is 4. The fourth-order valence-electron chi connectivity index (χ4n) is 4.39. The molecule has 3 aromatic rings. The van der Waals surface area contributed by atoms with Crippen LogP contribution in [0.5, 0.6) is 5.88 Å². The molecule has 184 valence electrons. The molecule has 12 heteroatoms. The third-order valence-electron chi connectivity index (χ3n) is 6.03. The van der Waals surface area contributed by atoms with E-state index in [9.17, 15) is 13.2 Å². The van der Waals surface area contributed by atoms with Gasteiger partial charge in [0, 0.05) is 36.5 Å². The highest BCUT2D eigenvalue weighted by atomic mass is 35.5. The number of imidazole rings is 1. The molecule has 0 aliphatic carbocycles. The molecule has 2 aliphatic rings. The lowest BCUT2D eigenvalue weighted by molar-refractivity contribution is -0.137. The summed E-state index contributed by atoms with van der Waals surface area (Å²) in [4.78, 5) is 18.1. The van der Waals surface area contributed by atoms with Gasteiger partial charge in [0.2, 0.25) is 5.88 Å². The number of hydrogen-bond acceptors (Lipinski definition) is 7. The van der Waals surface area contributed by atoms with E-state index < -0.39 is 11.7 Å². The number of halogens is 4. The zero-order valence-corrected chi connectivity index (χ0v) is 19.7. The van der Waals surface area contributed by atoms with E-state index in [-0.39, 0.29) is 23.4 Å². The Morgan fingerprint density at radius 3 is 2.66 bits per heavy atom. The van der Waals surface area contributed by atoms with E-state index >= 15 is 0 Å². The average Bonchev–Trinajstić information content (AvgIpc) is 3.28. The van der Waals surface area contributed by atoms with Crippen molar-refractivity contribution >= 4 is 23.1 Å². The van der Waals surface area contributed by atoms with Crippen molar-refractivity contribution in [3.8, 4) is 11.6 Å². The van der Waals surface area contributed by atoms with Crippen molar-refractivity contribution in [2.45, 2.75) is 19.1 Å². The largest absolute Gasteiger partial charge is 0.479 e. The van der Waals surface area contributed by atoms with Crippen LogP contribution >= 0.6 is 11.6 Å². The monoisotopic (exact) mass is 506 g/mol. The van der Waals surface area contributed by atoms with Crippen LogP contribution in [0.4, 0.5) is 18.9 Å². The number of aryl methyl sites for hydroxylation is 1. The molecular formula is C23H22ClF3N6O2. The molecule has 1 atom stereocenters. The Labute approximate surface area is 204 Å². The van der Waals surface area contributed by atoms with Crippen LogP contribution in [0, 0.1) is 6.92 Å². The van der Waals surface area contributed by atoms with Crippen LogP contribution in [0.15, 0.2) is 48.0 Å². The summed E-state index contributed by atoms with van der Waals surface area (Å²) in [5.41, 5.74) is 1.48. The van der Waals surface area contributed by atoms with Crippen LogP contribution in [0.1, 0.15) is 17.0 Å². The predicted octanol–water partition coefficient (Wildman–Crippen LogP) is 4.14. The first-order valence-electron chi connectivity index (χ1n) is 10.9. The number of alkyl halides is 3. The summed E-state index contributed by atoms with van der Waals surface area (Å²) in [5.74, 6) is 0.902. The second-order valence-electron chi connectivity index (χ2n) is 8.31. The van der Waals surface area contributed by atoms with Crippen molar-refractivity contribution in [2.75, 3.05) is 38.3 Å². The Kier molecular flexibility index (Phi) is 5.96. The zero-order valence-electron chi connectivity index (χ0n) is 19.0. The van der Waals surface area contributed by atoms with E-state index in [2.05, 4.69) is 15.1 Å². The molecule has 4 heterocycles. The molecule has 0 radical (unpaired) electrons. The van der Waals surface area contributed by atoms with Gasteiger partial charge in [0.05, 0.1) is 30.7 Å². The number of piperazine rings is 1. The van der Waals surface area contributed by atoms with Crippen LogP contribution in [0.2, 0.25) is 5.02 Å². The van der Waals surface area contributed by atoms with Crippen LogP contribution in [0.3, 0.4) is 0 Å². The van der Waals surface area contributed by atoms with Crippen LogP contribution in [0.25, 0.3) is 5.69 Å². The van der Waals surface area contributed by atoms with E-state index in [1.807, 2.05) is 34.7 Å². The molecular weight excluding hydrogens is 485 g/mol. The normalized spacial score (nSPS) is 18.1. The first kappa shape index (κ1) is 23.3. The van der Waals surface area contributed by atoms with Gasteiger partial charge in [0.1, 0.15) is 18.0 Å². The molecule has 0 saturated carbocycles. The maximum absolute atomic E-state index is 13.7. The first-order valence-corrected chi connectivity index (χ1v) is 11.3. The van der Waals surface area contributed by atoms with Gasteiger partial charge in [-0.1, -0.05) is 16.8 Å². The van der Waals surface area contributed by atoms with Gasteiger partial charge < -0.3 is 23.9 Å². The van der Waals surface area contributed by atoms with Crippen LogP contribution in [-0.4, -0.2) is 64.7 Å². The molecule has 5 rings (SSSR count). The Morgan fingerprint density at radius 1 is 1.14 bits per heavy atom. The second kappa shape index (κ2) is 8.95. The second-order valence-corrected chi connectivity index (χ2v) is 8.75. The fraction of sp³-hybridized carbons (Fsp3) is 0.348. The third kappa shape index (κ3) is 4.47. The van der Waals surface area contributed by atoms with Crippen LogP contribution in [-0.2, 0) is 11.0 Å². The van der Waals surface area contributed by atoms with Gasteiger partial charge in [-0.15, -0.1) is 0 Å². The van der Waals surface area contributed by atoms with Crippen LogP contribution < -0.4 is 9.64 Å². The zero-order chi connectivity index (χ0) is 24.7. The Balaban J connectivity index is 1.40. The van der Waals surface area contributed by atoms with Crippen molar-refractivity contribution in [1.29, 1.82) is 0 Å². The van der Waals surface area contributed by atoms with E-state index in [0.717, 1.165) is 17.4 Å². The molecule has 8 nitrogen and oxygen atoms in total. The number of benzene rings is 1. The molecule has 2 aromatic heterocycles. The highest BCUT2D eigenvalue weighted by Crippen LogP contribution is 2.39. The highest BCUT2D eigenvalue weighted by Gasteiger charge is 2.39. The molecule has 2 aliphatic heterocycles. The minimum absolute atomic E-state index is 0.0458. The smallest absolute Gasteiger partial charge is 0.418 e. The van der Waals surface area contributed by atoms with Crippen molar-refractivity contribution < 1.29 is 22.7 Å². The number of methoxy groups -OCH3 is 1. The summed E-state index contributed by atoms with van der Waals surface area (Å²) < 4.78 is 48.3. The summed E-state index contributed by atoms with van der Waals surface area (Å²) in [6.45, 7) is 3.27. The van der Waals surface area contributed by atoms with Gasteiger partial charge in [-0.3, -0.25) is 0 Å². The average molecular weight is 507 g/mol. The van der Waals surface area contributed by atoms with Crippen molar-refractivity contribution in [3.05, 3.63) is 64.8 Å².